The predicted octanol–water partition coefficient (Wildman–Crippen LogP) is 2.83. The predicted molar refractivity (Wildman–Crippen MR) is 98.3 cm³/mol. The Bertz CT molecular complexity index is 1030. The Hall–Kier alpha value is -3.40. The van der Waals surface area contributed by atoms with Crippen molar-refractivity contribution < 1.29 is 27.6 Å². The average molecular weight is 404 g/mol. The van der Waals surface area contributed by atoms with Crippen LogP contribution in [0, 0.1) is 10.1 Å². The number of nitrogens with zero attached hydrogens (tertiary/aromatic N) is 2. The minimum atomic E-state index is -4.38. The van der Waals surface area contributed by atoms with Crippen molar-refractivity contribution in [3.8, 4) is 5.75 Å². The average Bonchev–Trinajstić information content (AvgIpc) is 3.06. The minimum absolute atomic E-state index is 0.256. The van der Waals surface area contributed by atoms with Crippen molar-refractivity contribution in [2.75, 3.05) is 13.7 Å². The molecule has 0 aromatic heterocycles. The summed E-state index contributed by atoms with van der Waals surface area (Å²) in [6.45, 7) is 3.45. The lowest BCUT2D eigenvalue weighted by Crippen LogP contribution is -2.46. The van der Waals surface area contributed by atoms with E-state index in [0.29, 0.717) is 15.6 Å². The fourth-order valence-corrected chi connectivity index (χ4v) is 4.55. The lowest BCUT2D eigenvalue weighted by Gasteiger charge is -2.32. The second-order valence-corrected chi connectivity index (χ2v) is 7.72. The van der Waals surface area contributed by atoms with Crippen LogP contribution in [0.15, 0.2) is 66.1 Å². The summed E-state index contributed by atoms with van der Waals surface area (Å²) in [7, 11) is -2.89. The van der Waals surface area contributed by atoms with Crippen LogP contribution in [0.3, 0.4) is 0 Å². The molecule has 1 amide bonds. The molecule has 1 heterocycles. The van der Waals surface area contributed by atoms with Gasteiger partial charge in [0.2, 0.25) is 0 Å². The SMILES string of the molecule is C=CC1(c2ccc(OC)cc2)COC(=O)N1S(=O)(=O)c1ccc([N+](=O)[O-])cc1. The van der Waals surface area contributed by atoms with Crippen molar-refractivity contribution in [2.45, 2.75) is 10.4 Å². The molecule has 0 N–H and O–H groups in total. The summed E-state index contributed by atoms with van der Waals surface area (Å²) in [6, 6.07) is 10.7. The number of hydrogen-bond acceptors (Lipinski definition) is 7. The van der Waals surface area contributed by atoms with Gasteiger partial charge in [-0.1, -0.05) is 18.2 Å². The van der Waals surface area contributed by atoms with Crippen LogP contribution in [-0.4, -0.2) is 37.5 Å². The van der Waals surface area contributed by atoms with Crippen LogP contribution in [0.1, 0.15) is 5.56 Å². The van der Waals surface area contributed by atoms with Crippen molar-refractivity contribution in [3.63, 3.8) is 0 Å². The van der Waals surface area contributed by atoms with Crippen LogP contribution in [0.25, 0.3) is 0 Å². The molecule has 1 aliphatic rings. The van der Waals surface area contributed by atoms with Crippen LogP contribution in [-0.2, 0) is 20.3 Å². The molecular weight excluding hydrogens is 388 g/mol. The number of carbonyl (C=O) groups is 1. The quantitative estimate of drug-likeness (QED) is 0.413. The van der Waals surface area contributed by atoms with E-state index in [-0.39, 0.29) is 17.2 Å². The molecule has 1 saturated heterocycles. The summed E-state index contributed by atoms with van der Waals surface area (Å²) < 4.78 is 37.1. The highest BCUT2D eigenvalue weighted by atomic mass is 32.2. The van der Waals surface area contributed by atoms with Crippen molar-refractivity contribution in [1.82, 2.24) is 4.31 Å². The second kappa shape index (κ2) is 6.97. The molecule has 10 heteroatoms. The van der Waals surface area contributed by atoms with E-state index in [2.05, 4.69) is 6.58 Å². The number of hydrogen-bond donors (Lipinski definition) is 0. The molecule has 1 unspecified atom stereocenters. The van der Waals surface area contributed by atoms with Gasteiger partial charge in [-0.15, -0.1) is 6.58 Å². The van der Waals surface area contributed by atoms with Gasteiger partial charge in [-0.05, 0) is 29.8 Å². The molecule has 3 rings (SSSR count). The van der Waals surface area contributed by atoms with E-state index in [4.69, 9.17) is 9.47 Å². The Morgan fingerprint density at radius 2 is 1.82 bits per heavy atom. The number of rotatable bonds is 6. The molecule has 0 bridgehead atoms. The zero-order chi connectivity index (χ0) is 20.5. The summed E-state index contributed by atoms with van der Waals surface area (Å²) in [5, 5.41) is 10.8. The summed E-state index contributed by atoms with van der Waals surface area (Å²) in [6.07, 6.45) is 0.261. The molecule has 146 valence electrons. The van der Waals surface area contributed by atoms with Crippen LogP contribution < -0.4 is 4.74 Å². The molecule has 1 atom stereocenters. The van der Waals surface area contributed by atoms with Gasteiger partial charge < -0.3 is 9.47 Å². The number of sulfonamides is 1. The fourth-order valence-electron chi connectivity index (χ4n) is 2.95. The van der Waals surface area contributed by atoms with Gasteiger partial charge in [-0.3, -0.25) is 10.1 Å². The first-order valence-corrected chi connectivity index (χ1v) is 9.45. The van der Waals surface area contributed by atoms with Gasteiger partial charge in [0.15, 0.2) is 0 Å². The molecule has 2 aromatic carbocycles. The summed E-state index contributed by atoms with van der Waals surface area (Å²) in [5.41, 5.74) is -1.28. The molecular formula is C18H16N2O7S. The third kappa shape index (κ3) is 2.97. The van der Waals surface area contributed by atoms with Crippen LogP contribution in [0.5, 0.6) is 5.75 Å². The normalized spacial score (nSPS) is 19.2. The minimum Gasteiger partial charge on any atom is -0.497 e. The summed E-state index contributed by atoms with van der Waals surface area (Å²) in [4.78, 5) is 22.3. The molecule has 28 heavy (non-hydrogen) atoms. The standard InChI is InChI=1S/C18H16N2O7S/c1-3-18(13-4-8-15(26-2)9-5-13)12-27-17(21)19(18)28(24,25)16-10-6-14(7-11-16)20(22)23/h3-11H,1,12H2,2H3. The third-order valence-corrected chi connectivity index (χ3v) is 6.28. The van der Waals surface area contributed by atoms with E-state index in [9.17, 15) is 23.3 Å². The van der Waals surface area contributed by atoms with Gasteiger partial charge in [0.05, 0.1) is 16.9 Å². The Balaban J connectivity index is 2.11. The highest BCUT2D eigenvalue weighted by Gasteiger charge is 2.53. The van der Waals surface area contributed by atoms with E-state index in [0.717, 1.165) is 24.3 Å². The van der Waals surface area contributed by atoms with Gasteiger partial charge in [-0.2, -0.15) is 4.31 Å². The van der Waals surface area contributed by atoms with E-state index in [1.165, 1.54) is 13.2 Å². The molecule has 0 radical (unpaired) electrons. The summed E-state index contributed by atoms with van der Waals surface area (Å²) in [5.74, 6) is 0.554. The lowest BCUT2D eigenvalue weighted by molar-refractivity contribution is -0.384. The highest BCUT2D eigenvalue weighted by Crippen LogP contribution is 2.40. The number of carbonyl (C=O) groups excluding carboxylic acids is 1. The van der Waals surface area contributed by atoms with Crippen LogP contribution in [0.4, 0.5) is 10.5 Å². The second-order valence-electron chi connectivity index (χ2n) is 5.93. The van der Waals surface area contributed by atoms with Gasteiger partial charge in [0.25, 0.3) is 15.7 Å². The summed E-state index contributed by atoms with van der Waals surface area (Å²) >= 11 is 0. The topological polar surface area (TPSA) is 116 Å². The van der Waals surface area contributed by atoms with Crippen molar-refractivity contribution >= 4 is 21.8 Å². The fraction of sp³-hybridized carbons (Fsp3) is 0.167. The van der Waals surface area contributed by atoms with E-state index in [1.54, 1.807) is 24.3 Å². The van der Waals surface area contributed by atoms with Crippen molar-refractivity contribution in [3.05, 3.63) is 76.9 Å². The maximum absolute atomic E-state index is 13.2. The number of nitro groups is 1. The maximum Gasteiger partial charge on any atom is 0.425 e. The molecule has 0 aliphatic carbocycles. The number of amides is 1. The molecule has 1 fully saturated rings. The number of nitro benzene ring substituents is 1. The number of non-ortho nitro benzene ring substituents is 1. The lowest BCUT2D eigenvalue weighted by atomic mass is 9.91. The first-order chi connectivity index (χ1) is 13.3. The largest absolute Gasteiger partial charge is 0.497 e. The number of cyclic esters (lactones) is 1. The van der Waals surface area contributed by atoms with Crippen molar-refractivity contribution in [1.29, 1.82) is 0 Å². The van der Waals surface area contributed by atoms with Crippen molar-refractivity contribution in [2.24, 2.45) is 0 Å². The molecule has 0 saturated carbocycles. The Morgan fingerprint density at radius 3 is 2.32 bits per heavy atom. The van der Waals surface area contributed by atoms with E-state index < -0.39 is 26.6 Å². The monoisotopic (exact) mass is 404 g/mol. The van der Waals surface area contributed by atoms with Gasteiger partial charge in [0.1, 0.15) is 17.9 Å². The third-order valence-electron chi connectivity index (χ3n) is 4.46. The molecule has 2 aromatic rings. The number of methoxy groups -OCH3 is 1. The maximum atomic E-state index is 13.2. The molecule has 1 aliphatic heterocycles. The molecule has 0 spiro atoms. The van der Waals surface area contributed by atoms with Gasteiger partial charge in [0, 0.05) is 12.1 Å². The Kier molecular flexibility index (Phi) is 4.82. The van der Waals surface area contributed by atoms with E-state index in [1.807, 2.05) is 0 Å². The van der Waals surface area contributed by atoms with Crippen LogP contribution >= 0.6 is 0 Å². The Labute approximate surface area is 161 Å². The first kappa shape index (κ1) is 19.4. The van der Waals surface area contributed by atoms with E-state index >= 15 is 0 Å². The number of benzene rings is 2. The zero-order valence-electron chi connectivity index (χ0n) is 14.8. The van der Waals surface area contributed by atoms with Gasteiger partial charge >= 0.3 is 6.09 Å². The van der Waals surface area contributed by atoms with Gasteiger partial charge in [-0.25, -0.2) is 13.2 Å². The Morgan fingerprint density at radius 1 is 1.21 bits per heavy atom. The van der Waals surface area contributed by atoms with Crippen LogP contribution in [0.2, 0.25) is 0 Å². The highest BCUT2D eigenvalue weighted by molar-refractivity contribution is 7.89. The zero-order valence-corrected chi connectivity index (χ0v) is 15.6. The number of ether oxygens (including phenoxy) is 2. The molecule has 9 nitrogen and oxygen atoms in total. The first-order valence-electron chi connectivity index (χ1n) is 8.01. The smallest absolute Gasteiger partial charge is 0.425 e.